The van der Waals surface area contributed by atoms with Crippen LogP contribution >= 0.6 is 23.2 Å². The molecular formula is C37H34Cl2F3N3O7. The molecule has 1 N–H and O–H groups in total. The van der Waals surface area contributed by atoms with E-state index in [1.165, 1.54) is 55.6 Å². The monoisotopic (exact) mass is 759 g/mol. The lowest BCUT2D eigenvalue weighted by Crippen LogP contribution is -2.53. The number of ether oxygens (including phenoxy) is 3. The number of benzene rings is 3. The van der Waals surface area contributed by atoms with Crippen LogP contribution in [0.1, 0.15) is 51.4 Å². The zero-order valence-corrected chi connectivity index (χ0v) is 29.3. The first-order valence-corrected chi connectivity index (χ1v) is 17.2. The number of fused-ring (bicyclic) bond motifs is 3. The lowest BCUT2D eigenvalue weighted by molar-refractivity contribution is -0.605. The average molecular weight is 761 g/mol. The Morgan fingerprint density at radius 3 is 2.37 bits per heavy atom. The summed E-state index contributed by atoms with van der Waals surface area (Å²) < 4.78 is 58.4. The van der Waals surface area contributed by atoms with E-state index in [1.807, 2.05) is 0 Å². The van der Waals surface area contributed by atoms with E-state index in [9.17, 15) is 28.7 Å². The fourth-order valence-corrected chi connectivity index (χ4v) is 7.68. The molecule has 3 fully saturated rings. The van der Waals surface area contributed by atoms with Crippen molar-refractivity contribution in [2.45, 2.75) is 44.4 Å². The Bertz CT molecular complexity index is 1940. The normalized spacial score (nSPS) is 18.6. The summed E-state index contributed by atoms with van der Waals surface area (Å²) in [4.78, 5) is 30.4. The van der Waals surface area contributed by atoms with Crippen molar-refractivity contribution < 1.29 is 46.8 Å². The molecule has 7 rings (SSSR count). The smallest absolute Gasteiger partial charge is 0.415 e. The second-order valence-corrected chi connectivity index (χ2v) is 13.4. The number of hydrogen-bond acceptors (Lipinski definition) is 7. The first-order valence-electron chi connectivity index (χ1n) is 16.4. The average Bonchev–Trinajstić information content (AvgIpc) is 3.11. The molecule has 3 aliphatic heterocycles. The van der Waals surface area contributed by atoms with Crippen LogP contribution in [-0.4, -0.2) is 61.5 Å². The lowest BCUT2D eigenvalue weighted by atomic mass is 9.80. The van der Waals surface area contributed by atoms with Crippen molar-refractivity contribution in [1.29, 1.82) is 0 Å². The van der Waals surface area contributed by atoms with Gasteiger partial charge in [-0.2, -0.15) is 13.5 Å². The number of hydrogen-bond donors (Lipinski definition) is 1. The Morgan fingerprint density at radius 1 is 1.04 bits per heavy atom. The van der Waals surface area contributed by atoms with E-state index in [4.69, 9.17) is 32.7 Å². The minimum absolute atomic E-state index is 0.0134. The van der Waals surface area contributed by atoms with E-state index >= 15 is 4.39 Å². The van der Waals surface area contributed by atoms with Gasteiger partial charge < -0.3 is 24.5 Å². The number of methoxy groups -OCH3 is 1. The molecule has 15 heteroatoms. The first kappa shape index (κ1) is 37.1. The highest BCUT2D eigenvalue weighted by atomic mass is 35.5. The number of piperidine rings is 3. The summed E-state index contributed by atoms with van der Waals surface area (Å²) in [5.41, 5.74) is 0.880. The molecule has 10 nitrogen and oxygen atoms in total. The van der Waals surface area contributed by atoms with Crippen LogP contribution < -0.4 is 19.1 Å². The van der Waals surface area contributed by atoms with Crippen LogP contribution in [0, 0.1) is 16.9 Å². The predicted octanol–water partition coefficient (Wildman–Crippen LogP) is 7.69. The number of alkyl halides is 2. The maximum atomic E-state index is 15.5. The van der Waals surface area contributed by atoms with Crippen molar-refractivity contribution in [2.24, 2.45) is 5.92 Å². The number of para-hydroxylation sites is 1. The zero-order chi connectivity index (χ0) is 37.1. The third kappa shape index (κ3) is 8.01. The van der Waals surface area contributed by atoms with Crippen LogP contribution in [0.15, 0.2) is 73.1 Å². The highest BCUT2D eigenvalue weighted by Gasteiger charge is 2.38. The molecule has 3 aromatic carbocycles. The number of nitrogens with zero attached hydrogens (tertiary/aromatic N) is 3. The number of amides is 1. The number of carbonyl (C=O) groups excluding carboxylic acids is 1. The summed E-state index contributed by atoms with van der Waals surface area (Å²) in [5.74, 6) is -3.16. The van der Waals surface area contributed by atoms with Gasteiger partial charge in [-0.25, -0.2) is 14.0 Å². The van der Waals surface area contributed by atoms with Crippen molar-refractivity contribution >= 4 is 41.0 Å². The zero-order valence-electron chi connectivity index (χ0n) is 27.8. The standard InChI is InChI=1S/C37H34Cl2F3N3O7/c1-50-32-15-22(9-10-31(32)51-36(41)42)25(16-26-27(38)18-44(49)19-28(26)39)34-23(5-4-6-24(34)35(46)47)17-45(30-8-3-2-7-29(30)40)37(48)52-33-20-43-13-11-21(33)12-14-43/h2-10,15,18-19,21,25,33,36H,11-14,16-17,20H2,1H3,(H,46,47)/t25-,33-/m0/s1. The summed E-state index contributed by atoms with van der Waals surface area (Å²) in [6, 6.07) is 14.3. The van der Waals surface area contributed by atoms with E-state index in [2.05, 4.69) is 9.64 Å². The van der Waals surface area contributed by atoms with Crippen LogP contribution in [0.2, 0.25) is 10.0 Å². The molecule has 274 valence electrons. The summed E-state index contributed by atoms with van der Waals surface area (Å²) in [7, 11) is 1.26. The molecule has 1 aromatic heterocycles. The van der Waals surface area contributed by atoms with Gasteiger partial charge >= 0.3 is 18.7 Å². The molecule has 0 aliphatic carbocycles. The Kier molecular flexibility index (Phi) is 11.3. The van der Waals surface area contributed by atoms with E-state index in [-0.39, 0.29) is 62.8 Å². The number of carbonyl (C=O) groups is 2. The Morgan fingerprint density at radius 2 is 1.75 bits per heavy atom. The Hall–Kier alpha value is -4.72. The summed E-state index contributed by atoms with van der Waals surface area (Å²) in [6.07, 6.45) is 2.60. The van der Waals surface area contributed by atoms with Gasteiger partial charge in [-0.3, -0.25) is 9.80 Å². The minimum Gasteiger partial charge on any atom is -0.619 e. The quantitative estimate of drug-likeness (QED) is 0.116. The van der Waals surface area contributed by atoms with Crippen LogP contribution in [-0.2, 0) is 17.7 Å². The van der Waals surface area contributed by atoms with E-state index in [0.29, 0.717) is 22.4 Å². The largest absolute Gasteiger partial charge is 0.619 e. The summed E-state index contributed by atoms with van der Waals surface area (Å²) in [5, 5.41) is 22.6. The van der Waals surface area contributed by atoms with E-state index < -0.39 is 36.5 Å². The van der Waals surface area contributed by atoms with Gasteiger partial charge in [-0.15, -0.1) is 0 Å². The second kappa shape index (κ2) is 15.9. The van der Waals surface area contributed by atoms with Crippen molar-refractivity contribution in [3.05, 3.63) is 122 Å². The Labute approximate surface area is 307 Å². The molecule has 4 heterocycles. The summed E-state index contributed by atoms with van der Waals surface area (Å²) in [6.45, 7) is -1.10. The number of anilines is 1. The molecule has 52 heavy (non-hydrogen) atoms. The molecule has 2 atom stereocenters. The minimum atomic E-state index is -3.15. The lowest BCUT2D eigenvalue weighted by Gasteiger charge is -2.44. The van der Waals surface area contributed by atoms with Crippen LogP contribution in [0.5, 0.6) is 11.5 Å². The third-order valence-electron chi connectivity index (χ3n) is 9.59. The van der Waals surface area contributed by atoms with Gasteiger partial charge in [0.25, 0.3) is 0 Å². The van der Waals surface area contributed by atoms with Crippen LogP contribution in [0.4, 0.5) is 23.7 Å². The topological polar surface area (TPSA) is 115 Å². The number of aromatic carboxylic acids is 1. The SMILES string of the molecule is COc1cc([C@H](Cc2c(Cl)c[n+]([O-])cc2Cl)c2c(CN(C(=O)O[C@H]3CN4CCC3CC4)c3ccccc3F)cccc2C(=O)O)ccc1OC(F)F. The molecule has 0 unspecified atom stereocenters. The van der Waals surface area contributed by atoms with E-state index in [1.54, 1.807) is 12.1 Å². The van der Waals surface area contributed by atoms with Crippen molar-refractivity contribution in [2.75, 3.05) is 31.6 Å². The second-order valence-electron chi connectivity index (χ2n) is 12.6. The van der Waals surface area contributed by atoms with Crippen molar-refractivity contribution in [3.8, 4) is 11.5 Å². The molecule has 4 aromatic rings. The molecule has 0 radical (unpaired) electrons. The maximum Gasteiger partial charge on any atom is 0.415 e. The fourth-order valence-electron chi connectivity index (χ4n) is 7.09. The van der Waals surface area contributed by atoms with Gasteiger partial charge in [-0.1, -0.05) is 53.5 Å². The number of pyridine rings is 1. The van der Waals surface area contributed by atoms with Gasteiger partial charge in [-0.05, 0) is 85.3 Å². The van der Waals surface area contributed by atoms with Crippen LogP contribution in [0.3, 0.4) is 0 Å². The first-order chi connectivity index (χ1) is 24.9. The summed E-state index contributed by atoms with van der Waals surface area (Å²) >= 11 is 13.0. The van der Waals surface area contributed by atoms with Gasteiger partial charge in [0.15, 0.2) is 23.9 Å². The van der Waals surface area contributed by atoms with Gasteiger partial charge in [0.1, 0.15) is 22.0 Å². The number of carboxylic acid groups (broad SMARTS) is 1. The molecule has 0 spiro atoms. The molecule has 1 amide bonds. The number of halogens is 5. The number of rotatable bonds is 12. The fraction of sp³-hybridized carbons (Fsp3) is 0.324. The Balaban J connectivity index is 1.50. The van der Waals surface area contributed by atoms with E-state index in [0.717, 1.165) is 43.2 Å². The molecule has 3 saturated heterocycles. The predicted molar refractivity (Wildman–Crippen MR) is 186 cm³/mol. The third-order valence-corrected chi connectivity index (χ3v) is 10.2. The number of aromatic nitrogens is 1. The number of carboxylic acids is 1. The molecule has 0 saturated carbocycles. The molecule has 2 bridgehead atoms. The van der Waals surface area contributed by atoms with Gasteiger partial charge in [0.2, 0.25) is 0 Å². The van der Waals surface area contributed by atoms with Crippen molar-refractivity contribution in [3.63, 3.8) is 0 Å². The van der Waals surface area contributed by atoms with Gasteiger partial charge in [0.05, 0.1) is 24.9 Å². The highest BCUT2D eigenvalue weighted by molar-refractivity contribution is 6.35. The molecular weight excluding hydrogens is 726 g/mol. The maximum absolute atomic E-state index is 15.5. The van der Waals surface area contributed by atoms with Crippen molar-refractivity contribution in [1.82, 2.24) is 4.90 Å². The van der Waals surface area contributed by atoms with Gasteiger partial charge in [0, 0.05) is 18.0 Å². The van der Waals surface area contributed by atoms with Crippen LogP contribution in [0.25, 0.3) is 0 Å². The highest BCUT2D eigenvalue weighted by Crippen LogP contribution is 2.41. The molecule has 3 aliphatic rings.